The number of carbonyl (C=O) groups excluding carboxylic acids is 1. The van der Waals surface area contributed by atoms with E-state index >= 15 is 13.2 Å². The lowest BCUT2D eigenvalue weighted by Crippen LogP contribution is -2.23. The molecule has 0 fully saturated rings. The Morgan fingerprint density at radius 1 is 1.00 bits per heavy atom. The molecule has 16 heteroatoms. The summed E-state index contributed by atoms with van der Waals surface area (Å²) in [6.07, 6.45) is 5.55. The summed E-state index contributed by atoms with van der Waals surface area (Å²) in [5.74, 6) is -3.91. The third kappa shape index (κ3) is 7.34. The Morgan fingerprint density at radius 3 is 2.50 bits per heavy atom. The average Bonchev–Trinajstić information content (AvgIpc) is 3.71. The molecule has 7 rings (SSSR count). The fraction of sp³-hybridized carbons (Fsp3) is 0.200. The van der Waals surface area contributed by atoms with Gasteiger partial charge in [-0.2, -0.15) is 0 Å². The predicted molar refractivity (Wildman–Crippen MR) is 203 cm³/mol. The zero-order valence-corrected chi connectivity index (χ0v) is 31.9. The molecule has 1 atom stereocenters. The van der Waals surface area contributed by atoms with E-state index in [-0.39, 0.29) is 50.7 Å². The highest BCUT2D eigenvalue weighted by atomic mass is 32.2. The number of halogens is 3. The first kappa shape index (κ1) is 38.6. The van der Waals surface area contributed by atoms with Crippen LogP contribution < -0.4 is 10.1 Å². The van der Waals surface area contributed by atoms with Crippen molar-refractivity contribution in [1.29, 1.82) is 0 Å². The zero-order valence-electron chi connectivity index (χ0n) is 30.3. The average molecular weight is 805 g/mol. The summed E-state index contributed by atoms with van der Waals surface area (Å²) in [4.78, 5) is 19.0. The lowest BCUT2D eigenvalue weighted by molar-refractivity contribution is -0.137. The summed E-state index contributed by atoms with van der Waals surface area (Å²) in [5.41, 5.74) is 1.93. The van der Waals surface area contributed by atoms with E-state index in [4.69, 9.17) is 9.47 Å². The van der Waals surface area contributed by atoms with Gasteiger partial charge in [-0.1, -0.05) is 35.9 Å². The second kappa shape index (κ2) is 15.1. The van der Waals surface area contributed by atoms with E-state index < -0.39 is 60.0 Å². The highest BCUT2D eigenvalue weighted by Gasteiger charge is 2.30. The first-order valence-electron chi connectivity index (χ1n) is 17.5. The van der Waals surface area contributed by atoms with Gasteiger partial charge in [0.25, 0.3) is 10.0 Å². The molecular weight excluding hydrogens is 770 g/mol. The normalized spacial score (nSPS) is 14.9. The number of esters is 1. The maximum absolute atomic E-state index is 16.0. The van der Waals surface area contributed by atoms with Crippen LogP contribution >= 0.6 is 0 Å². The number of hydrogen-bond acceptors (Lipinski definition) is 9. The summed E-state index contributed by atoms with van der Waals surface area (Å²) in [5, 5.41) is 3.20. The van der Waals surface area contributed by atoms with Crippen LogP contribution in [-0.4, -0.2) is 56.2 Å². The van der Waals surface area contributed by atoms with E-state index in [0.29, 0.717) is 30.8 Å². The molecule has 1 aliphatic rings. The van der Waals surface area contributed by atoms with Crippen LogP contribution in [0.25, 0.3) is 28.4 Å². The Labute approximate surface area is 320 Å². The molecule has 2 aromatic heterocycles. The number of imidazole rings is 1. The van der Waals surface area contributed by atoms with E-state index in [0.717, 1.165) is 40.2 Å². The fourth-order valence-corrected chi connectivity index (χ4v) is 9.04. The summed E-state index contributed by atoms with van der Waals surface area (Å²) >= 11 is 0. The number of aryl methyl sites for hydroxylation is 2. The van der Waals surface area contributed by atoms with Crippen LogP contribution in [0.5, 0.6) is 11.5 Å². The highest BCUT2D eigenvalue weighted by Crippen LogP contribution is 2.40. The molecular formula is C40H35F3N4O7S2. The quantitative estimate of drug-likeness (QED) is 0.107. The zero-order chi connectivity index (χ0) is 39.9. The SMILES string of the molecule is CCOC(=O)/C=C/c1cccc(C2NCCCc3nc(-c4cc(Oc5c(F)cc6c(ccn6S(=O)(=O)c6ccc(C)cc6)c5S(C)(=O)=O)ccc4F)[nH]c32)c1F. The number of rotatable bonds is 10. The molecule has 11 nitrogen and oxygen atoms in total. The Kier molecular flexibility index (Phi) is 10.4. The molecule has 290 valence electrons. The molecule has 0 saturated carbocycles. The molecule has 0 spiro atoms. The Bertz CT molecular complexity index is 2760. The van der Waals surface area contributed by atoms with Gasteiger partial charge in [0.05, 0.1) is 40.0 Å². The lowest BCUT2D eigenvalue weighted by Gasteiger charge is -2.18. The number of benzene rings is 4. The van der Waals surface area contributed by atoms with Gasteiger partial charge in [-0.3, -0.25) is 0 Å². The molecule has 1 aliphatic heterocycles. The Morgan fingerprint density at radius 2 is 1.77 bits per heavy atom. The summed E-state index contributed by atoms with van der Waals surface area (Å²) < 4.78 is 113. The van der Waals surface area contributed by atoms with Crippen LogP contribution in [-0.2, 0) is 35.8 Å². The number of ether oxygens (including phenoxy) is 2. The molecule has 0 amide bonds. The van der Waals surface area contributed by atoms with Crippen molar-refractivity contribution in [3.63, 3.8) is 0 Å². The van der Waals surface area contributed by atoms with Crippen molar-refractivity contribution >= 4 is 42.8 Å². The van der Waals surface area contributed by atoms with E-state index in [2.05, 4.69) is 15.3 Å². The van der Waals surface area contributed by atoms with Crippen molar-refractivity contribution in [2.24, 2.45) is 0 Å². The third-order valence-corrected chi connectivity index (χ3v) is 12.1. The molecule has 6 aromatic rings. The van der Waals surface area contributed by atoms with Gasteiger partial charge in [0.2, 0.25) is 0 Å². The highest BCUT2D eigenvalue weighted by molar-refractivity contribution is 7.91. The monoisotopic (exact) mass is 804 g/mol. The second-order valence-corrected chi connectivity index (χ2v) is 16.9. The van der Waals surface area contributed by atoms with Crippen molar-refractivity contribution in [2.45, 2.75) is 42.5 Å². The fourth-order valence-electron chi connectivity index (χ4n) is 6.66. The molecule has 0 saturated heterocycles. The molecule has 1 unspecified atom stereocenters. The van der Waals surface area contributed by atoms with Gasteiger partial charge in [0, 0.05) is 41.1 Å². The molecule has 2 N–H and O–H groups in total. The van der Waals surface area contributed by atoms with Gasteiger partial charge in [0.1, 0.15) is 28.1 Å². The Balaban J connectivity index is 1.26. The van der Waals surface area contributed by atoms with Gasteiger partial charge >= 0.3 is 5.97 Å². The number of aromatic amines is 1. The second-order valence-electron chi connectivity index (χ2n) is 13.2. The largest absolute Gasteiger partial charge is 0.463 e. The lowest BCUT2D eigenvalue weighted by atomic mass is 9.99. The van der Waals surface area contributed by atoms with Gasteiger partial charge in [-0.15, -0.1) is 0 Å². The number of hydrogen-bond donors (Lipinski definition) is 2. The van der Waals surface area contributed by atoms with Crippen molar-refractivity contribution < 1.29 is 44.3 Å². The number of carbonyl (C=O) groups is 1. The van der Waals surface area contributed by atoms with Gasteiger partial charge < -0.3 is 19.8 Å². The minimum absolute atomic E-state index is 0.0584. The van der Waals surface area contributed by atoms with Crippen molar-refractivity contribution in [1.82, 2.24) is 19.3 Å². The number of H-pyrrole nitrogens is 1. The molecule has 0 radical (unpaired) electrons. The van der Waals surface area contributed by atoms with Crippen LogP contribution in [0.1, 0.15) is 47.5 Å². The number of sulfone groups is 1. The van der Waals surface area contributed by atoms with Crippen LogP contribution in [0.2, 0.25) is 0 Å². The summed E-state index contributed by atoms with van der Waals surface area (Å²) in [7, 11) is -8.51. The molecule has 4 aromatic carbocycles. The van der Waals surface area contributed by atoms with Crippen molar-refractivity contribution in [2.75, 3.05) is 19.4 Å². The van der Waals surface area contributed by atoms with Crippen LogP contribution in [0, 0.1) is 24.4 Å². The smallest absolute Gasteiger partial charge is 0.330 e. The number of fused-ring (bicyclic) bond motifs is 2. The van der Waals surface area contributed by atoms with Crippen LogP contribution in [0.4, 0.5) is 13.2 Å². The first-order chi connectivity index (χ1) is 26.7. The van der Waals surface area contributed by atoms with E-state index in [1.807, 2.05) is 0 Å². The minimum Gasteiger partial charge on any atom is -0.463 e. The molecule has 3 heterocycles. The van der Waals surface area contributed by atoms with Crippen molar-refractivity contribution in [3.8, 4) is 22.9 Å². The van der Waals surface area contributed by atoms with Gasteiger partial charge in [-0.05, 0) is 75.7 Å². The molecule has 0 bridgehead atoms. The van der Waals surface area contributed by atoms with Crippen molar-refractivity contribution in [3.05, 3.63) is 131 Å². The topological polar surface area (TPSA) is 149 Å². The van der Waals surface area contributed by atoms with E-state index in [1.54, 1.807) is 38.1 Å². The molecule has 56 heavy (non-hydrogen) atoms. The summed E-state index contributed by atoms with van der Waals surface area (Å²) in [6, 6.07) is 15.6. The molecule has 0 aliphatic carbocycles. The number of aromatic nitrogens is 3. The van der Waals surface area contributed by atoms with E-state index in [9.17, 15) is 21.6 Å². The summed E-state index contributed by atoms with van der Waals surface area (Å²) in [6.45, 7) is 4.14. The number of nitrogens with one attached hydrogen (secondary N) is 2. The minimum atomic E-state index is -4.26. The third-order valence-electron chi connectivity index (χ3n) is 9.28. The number of nitrogens with zero attached hydrogens (tertiary/aromatic N) is 2. The maximum Gasteiger partial charge on any atom is 0.330 e. The Hall–Kier alpha value is -5.71. The van der Waals surface area contributed by atoms with Gasteiger partial charge in [0.15, 0.2) is 21.4 Å². The maximum atomic E-state index is 16.0. The van der Waals surface area contributed by atoms with Gasteiger partial charge in [-0.25, -0.2) is 43.8 Å². The first-order valence-corrected chi connectivity index (χ1v) is 20.8. The predicted octanol–water partition coefficient (Wildman–Crippen LogP) is 7.39. The standard InChI is InChI=1S/C40H35F3N4O7S2/c1-4-53-34(48)17-12-24-7-5-8-28(35(24)43)36-37-32(9-6-19-44-36)45-40(46-37)29-21-25(13-16-30(29)41)54-38-31(42)22-33-27(39(38)55(3,49)50)18-20-47(33)56(51,52)26-14-10-23(2)11-15-26/h5,7-8,10-18,20-22,36,44H,4,6,9,19H2,1-3H3,(H,45,46)/b17-12+. The van der Waals surface area contributed by atoms with Crippen LogP contribution in [0.3, 0.4) is 0 Å². The van der Waals surface area contributed by atoms with Crippen LogP contribution in [0.15, 0.2) is 94.9 Å². The van der Waals surface area contributed by atoms with E-state index in [1.165, 1.54) is 42.5 Å².